The lowest BCUT2D eigenvalue weighted by Gasteiger charge is -2.33. The third kappa shape index (κ3) is 1.14. The number of aromatic nitrogens is 2. The van der Waals surface area contributed by atoms with E-state index in [1.54, 1.807) is 12.4 Å². The van der Waals surface area contributed by atoms with E-state index in [9.17, 15) is 0 Å². The molecule has 0 spiro atoms. The highest BCUT2D eigenvalue weighted by Crippen LogP contribution is 2.40. The summed E-state index contributed by atoms with van der Waals surface area (Å²) in [6, 6.07) is 1.01. The minimum absolute atomic E-state index is 0.409. The van der Waals surface area contributed by atoms with Gasteiger partial charge in [0.1, 0.15) is 0 Å². The Hall–Kier alpha value is -1.00. The van der Waals surface area contributed by atoms with Crippen molar-refractivity contribution in [3.63, 3.8) is 0 Å². The third-order valence-electron chi connectivity index (χ3n) is 3.45. The average Bonchev–Trinajstić information content (AvgIpc) is 2.75. The smallest absolute Gasteiger partial charge is 0.0726 e. The first-order valence-electron chi connectivity index (χ1n) is 5.09. The molecule has 1 aromatic rings. The second kappa shape index (κ2) is 3.00. The first kappa shape index (κ1) is 8.32. The third-order valence-corrected chi connectivity index (χ3v) is 3.45. The molecule has 1 saturated carbocycles. The molecule has 3 heterocycles. The molecule has 2 saturated heterocycles. The summed E-state index contributed by atoms with van der Waals surface area (Å²) in [4.78, 5) is 10.8. The molecule has 2 N–H and O–H groups in total. The summed E-state index contributed by atoms with van der Waals surface area (Å²) in [5, 5.41) is 0. The van der Waals surface area contributed by atoms with Crippen molar-refractivity contribution < 1.29 is 0 Å². The minimum atomic E-state index is 0.409. The van der Waals surface area contributed by atoms with Crippen molar-refractivity contribution in [1.82, 2.24) is 14.9 Å². The number of rotatable bonds is 2. The second-order valence-corrected chi connectivity index (χ2v) is 4.27. The van der Waals surface area contributed by atoms with Gasteiger partial charge >= 0.3 is 0 Å². The summed E-state index contributed by atoms with van der Waals surface area (Å²) in [5.74, 6) is 0.733. The van der Waals surface area contributed by atoms with Gasteiger partial charge < -0.3 is 5.73 Å². The quantitative estimate of drug-likeness (QED) is 0.713. The van der Waals surface area contributed by atoms with Crippen molar-refractivity contribution in [3.05, 3.63) is 24.3 Å². The summed E-state index contributed by atoms with van der Waals surface area (Å²) in [7, 11) is 0. The molecule has 4 nitrogen and oxygen atoms in total. The van der Waals surface area contributed by atoms with E-state index in [4.69, 9.17) is 5.73 Å². The lowest BCUT2D eigenvalue weighted by atomic mass is 9.81. The highest BCUT2D eigenvalue weighted by molar-refractivity contribution is 5.09. The SMILES string of the molecule is NC1C2CC1N(Cc1cnccn1)C2. The lowest BCUT2D eigenvalue weighted by Crippen LogP contribution is -2.49. The van der Waals surface area contributed by atoms with Crippen molar-refractivity contribution in [2.24, 2.45) is 11.7 Å². The first-order valence-corrected chi connectivity index (χ1v) is 5.09. The Bertz CT molecular complexity index is 326. The van der Waals surface area contributed by atoms with Crippen LogP contribution in [0.2, 0.25) is 0 Å². The van der Waals surface area contributed by atoms with E-state index in [-0.39, 0.29) is 0 Å². The predicted octanol–water partition coefficient (Wildman–Crippen LogP) is 0.00800. The van der Waals surface area contributed by atoms with Gasteiger partial charge in [-0.15, -0.1) is 0 Å². The first-order chi connectivity index (χ1) is 6.84. The van der Waals surface area contributed by atoms with Gasteiger partial charge in [0.2, 0.25) is 0 Å². The fourth-order valence-electron chi connectivity index (χ4n) is 2.57. The largest absolute Gasteiger partial charge is 0.326 e. The van der Waals surface area contributed by atoms with Crippen molar-refractivity contribution in [2.45, 2.75) is 25.0 Å². The predicted molar refractivity (Wildman–Crippen MR) is 52.3 cm³/mol. The molecule has 0 aromatic carbocycles. The maximum Gasteiger partial charge on any atom is 0.0726 e. The van der Waals surface area contributed by atoms with Crippen LogP contribution in [-0.2, 0) is 6.54 Å². The van der Waals surface area contributed by atoms with Crippen LogP contribution in [0.25, 0.3) is 0 Å². The van der Waals surface area contributed by atoms with Gasteiger partial charge in [0.25, 0.3) is 0 Å². The van der Waals surface area contributed by atoms with Crippen LogP contribution in [0.1, 0.15) is 12.1 Å². The topological polar surface area (TPSA) is 55.0 Å². The van der Waals surface area contributed by atoms with Gasteiger partial charge in [0.15, 0.2) is 0 Å². The van der Waals surface area contributed by atoms with Crippen LogP contribution in [0.4, 0.5) is 0 Å². The van der Waals surface area contributed by atoms with Crippen molar-refractivity contribution >= 4 is 0 Å². The second-order valence-electron chi connectivity index (χ2n) is 4.27. The molecule has 1 aromatic heterocycles. The van der Waals surface area contributed by atoms with Gasteiger partial charge in [-0.2, -0.15) is 0 Å². The van der Waals surface area contributed by atoms with Crippen LogP contribution in [0.15, 0.2) is 18.6 Å². The Labute approximate surface area is 83.1 Å². The van der Waals surface area contributed by atoms with Gasteiger partial charge in [0, 0.05) is 43.8 Å². The van der Waals surface area contributed by atoms with Crippen LogP contribution in [-0.4, -0.2) is 33.5 Å². The summed E-state index contributed by atoms with van der Waals surface area (Å²) >= 11 is 0. The molecule has 4 rings (SSSR count). The van der Waals surface area contributed by atoms with Crippen molar-refractivity contribution in [3.8, 4) is 0 Å². The van der Waals surface area contributed by atoms with Crippen LogP contribution in [0.3, 0.4) is 0 Å². The number of hydrogen-bond acceptors (Lipinski definition) is 4. The monoisotopic (exact) mass is 190 g/mol. The number of nitrogens with two attached hydrogens (primary N) is 1. The van der Waals surface area contributed by atoms with E-state index in [1.165, 1.54) is 6.42 Å². The molecular formula is C10H14N4. The molecule has 4 heteroatoms. The van der Waals surface area contributed by atoms with E-state index in [0.717, 1.165) is 24.7 Å². The van der Waals surface area contributed by atoms with E-state index in [0.29, 0.717) is 12.1 Å². The van der Waals surface area contributed by atoms with Crippen molar-refractivity contribution in [2.75, 3.05) is 6.54 Å². The molecule has 3 aliphatic rings. The van der Waals surface area contributed by atoms with E-state index < -0.39 is 0 Å². The molecule has 1 aliphatic carbocycles. The molecule has 14 heavy (non-hydrogen) atoms. The standard InChI is InChI=1S/C10H14N4/c11-10-7-3-9(10)14(5-7)6-8-4-12-1-2-13-8/h1-2,4,7,9-10H,3,5-6,11H2. The van der Waals surface area contributed by atoms with Gasteiger partial charge in [-0.05, 0) is 12.3 Å². The van der Waals surface area contributed by atoms with E-state index in [1.807, 2.05) is 6.20 Å². The van der Waals surface area contributed by atoms with Gasteiger partial charge in [-0.1, -0.05) is 0 Å². The summed E-state index contributed by atoms with van der Waals surface area (Å²) in [6.45, 7) is 2.05. The zero-order valence-corrected chi connectivity index (χ0v) is 8.00. The minimum Gasteiger partial charge on any atom is -0.326 e. The van der Waals surface area contributed by atoms with E-state index >= 15 is 0 Å². The molecular weight excluding hydrogens is 176 g/mol. The number of nitrogens with zero attached hydrogens (tertiary/aromatic N) is 3. The van der Waals surface area contributed by atoms with Gasteiger partial charge in [-0.3, -0.25) is 14.9 Å². The zero-order chi connectivity index (χ0) is 9.54. The molecule has 0 radical (unpaired) electrons. The Kier molecular flexibility index (Phi) is 1.78. The van der Waals surface area contributed by atoms with Gasteiger partial charge in [0.05, 0.1) is 5.69 Å². The zero-order valence-electron chi connectivity index (χ0n) is 8.00. The Morgan fingerprint density at radius 3 is 3.00 bits per heavy atom. The Morgan fingerprint density at radius 2 is 2.43 bits per heavy atom. The molecule has 0 amide bonds. The fourth-order valence-corrected chi connectivity index (χ4v) is 2.57. The van der Waals surface area contributed by atoms with Crippen LogP contribution >= 0.6 is 0 Å². The Balaban J connectivity index is 1.69. The fraction of sp³-hybridized carbons (Fsp3) is 0.600. The summed E-state index contributed by atoms with van der Waals surface area (Å²) in [5.41, 5.74) is 7.04. The van der Waals surface area contributed by atoms with E-state index in [2.05, 4.69) is 14.9 Å². The van der Waals surface area contributed by atoms with Gasteiger partial charge in [-0.25, -0.2) is 0 Å². The lowest BCUT2D eigenvalue weighted by molar-refractivity contribution is 0.207. The van der Waals surface area contributed by atoms with Crippen LogP contribution in [0.5, 0.6) is 0 Å². The molecule has 3 fully saturated rings. The highest BCUT2D eigenvalue weighted by atomic mass is 15.3. The molecule has 2 bridgehead atoms. The highest BCUT2D eigenvalue weighted by Gasteiger charge is 2.49. The maximum absolute atomic E-state index is 5.99. The molecule has 74 valence electrons. The molecule has 3 unspecified atom stereocenters. The van der Waals surface area contributed by atoms with Crippen LogP contribution < -0.4 is 5.73 Å². The molecule has 2 aliphatic heterocycles. The Morgan fingerprint density at radius 1 is 1.50 bits per heavy atom. The number of fused-ring (bicyclic) bond motifs is 1. The van der Waals surface area contributed by atoms with Crippen molar-refractivity contribution in [1.29, 1.82) is 0 Å². The average molecular weight is 190 g/mol. The summed E-state index contributed by atoms with van der Waals surface area (Å²) < 4.78 is 0. The number of hydrogen-bond donors (Lipinski definition) is 1. The van der Waals surface area contributed by atoms with Crippen LogP contribution in [0, 0.1) is 5.92 Å². The summed E-state index contributed by atoms with van der Waals surface area (Å²) in [6.07, 6.45) is 6.57. The maximum atomic E-state index is 5.99. The molecule has 3 atom stereocenters. The normalized spacial score (nSPS) is 35.6.